The second-order valence-corrected chi connectivity index (χ2v) is 5.19. The average Bonchev–Trinajstić information content (AvgIpc) is 2.91. The smallest absolute Gasteiger partial charge is 0.227 e. The van der Waals surface area contributed by atoms with E-state index in [1.165, 1.54) is 0 Å². The largest absolute Gasteiger partial charge is 0.379 e. The number of aromatic nitrogens is 1. The molecule has 0 spiro atoms. The van der Waals surface area contributed by atoms with Crippen molar-refractivity contribution in [2.45, 2.75) is 32.9 Å². The Kier molecular flexibility index (Phi) is 5.49. The Bertz CT molecular complexity index is 450. The molecule has 2 N–H and O–H groups in total. The molecule has 1 aliphatic rings. The van der Waals surface area contributed by atoms with Gasteiger partial charge in [-0.3, -0.25) is 9.78 Å². The van der Waals surface area contributed by atoms with Crippen molar-refractivity contribution >= 4 is 5.91 Å². The lowest BCUT2D eigenvalue weighted by Crippen LogP contribution is -2.44. The van der Waals surface area contributed by atoms with Gasteiger partial charge in [0.25, 0.3) is 0 Å². The highest BCUT2D eigenvalue weighted by atomic mass is 16.5. The van der Waals surface area contributed by atoms with Gasteiger partial charge in [0, 0.05) is 11.7 Å². The third kappa shape index (κ3) is 4.02. The summed E-state index contributed by atoms with van der Waals surface area (Å²) >= 11 is 0. The first kappa shape index (κ1) is 14.9. The van der Waals surface area contributed by atoms with Crippen LogP contribution in [0.5, 0.6) is 0 Å². The fourth-order valence-corrected chi connectivity index (χ4v) is 2.35. The number of pyridine rings is 1. The highest BCUT2D eigenvalue weighted by molar-refractivity contribution is 5.79. The molecule has 1 aromatic heterocycles. The van der Waals surface area contributed by atoms with Crippen LogP contribution in [-0.4, -0.2) is 36.7 Å². The second-order valence-electron chi connectivity index (χ2n) is 5.19. The van der Waals surface area contributed by atoms with Gasteiger partial charge in [0.1, 0.15) is 0 Å². The van der Waals surface area contributed by atoms with E-state index in [-0.39, 0.29) is 17.9 Å². The number of ether oxygens (including phenoxy) is 1. The van der Waals surface area contributed by atoms with Crippen molar-refractivity contribution in [2.75, 3.05) is 19.8 Å². The predicted octanol–water partition coefficient (Wildman–Crippen LogP) is 1.02. The van der Waals surface area contributed by atoms with Crippen LogP contribution in [0.25, 0.3) is 0 Å². The maximum absolute atomic E-state index is 12.2. The van der Waals surface area contributed by atoms with Crippen LogP contribution in [-0.2, 0) is 16.1 Å². The Balaban J connectivity index is 1.84. The molecule has 0 saturated carbocycles. The van der Waals surface area contributed by atoms with E-state index in [1.807, 2.05) is 25.1 Å². The molecule has 0 aromatic carbocycles. The summed E-state index contributed by atoms with van der Waals surface area (Å²) in [5, 5.41) is 6.32. The SMILES string of the molecule is CCCNC1COCC1C(=O)NCc1cccc(C)n1. The van der Waals surface area contributed by atoms with Crippen molar-refractivity contribution < 1.29 is 9.53 Å². The summed E-state index contributed by atoms with van der Waals surface area (Å²) in [5.41, 5.74) is 1.85. The molecular weight excluding hydrogens is 254 g/mol. The van der Waals surface area contributed by atoms with E-state index in [0.717, 1.165) is 24.4 Å². The second kappa shape index (κ2) is 7.36. The minimum absolute atomic E-state index is 0.0411. The van der Waals surface area contributed by atoms with E-state index in [9.17, 15) is 4.79 Å². The van der Waals surface area contributed by atoms with Crippen molar-refractivity contribution in [3.63, 3.8) is 0 Å². The number of carbonyl (C=O) groups is 1. The van der Waals surface area contributed by atoms with E-state index in [4.69, 9.17) is 4.74 Å². The van der Waals surface area contributed by atoms with Crippen molar-refractivity contribution in [1.82, 2.24) is 15.6 Å². The molecule has 2 unspecified atom stereocenters. The highest BCUT2D eigenvalue weighted by Crippen LogP contribution is 2.14. The Labute approximate surface area is 120 Å². The van der Waals surface area contributed by atoms with Gasteiger partial charge < -0.3 is 15.4 Å². The molecule has 1 saturated heterocycles. The Hall–Kier alpha value is -1.46. The van der Waals surface area contributed by atoms with Crippen molar-refractivity contribution in [3.05, 3.63) is 29.6 Å². The molecular formula is C15H23N3O2. The number of hydrogen-bond donors (Lipinski definition) is 2. The van der Waals surface area contributed by atoms with Gasteiger partial charge in [0.05, 0.1) is 31.4 Å². The van der Waals surface area contributed by atoms with E-state index in [1.54, 1.807) is 0 Å². The molecule has 1 amide bonds. The summed E-state index contributed by atoms with van der Waals surface area (Å²) in [6.45, 7) is 6.55. The summed E-state index contributed by atoms with van der Waals surface area (Å²) in [6, 6.07) is 5.95. The molecule has 110 valence electrons. The number of aryl methyl sites for hydroxylation is 1. The highest BCUT2D eigenvalue weighted by Gasteiger charge is 2.33. The molecule has 2 rings (SSSR count). The van der Waals surface area contributed by atoms with Crippen molar-refractivity contribution in [2.24, 2.45) is 5.92 Å². The third-order valence-corrected chi connectivity index (χ3v) is 3.46. The zero-order valence-electron chi connectivity index (χ0n) is 12.2. The minimum Gasteiger partial charge on any atom is -0.379 e. The fourth-order valence-electron chi connectivity index (χ4n) is 2.35. The van der Waals surface area contributed by atoms with Gasteiger partial charge in [-0.15, -0.1) is 0 Å². The predicted molar refractivity (Wildman–Crippen MR) is 77.2 cm³/mol. The van der Waals surface area contributed by atoms with Crippen LogP contribution in [0.1, 0.15) is 24.7 Å². The lowest BCUT2D eigenvalue weighted by atomic mass is 10.0. The van der Waals surface area contributed by atoms with Gasteiger partial charge >= 0.3 is 0 Å². The van der Waals surface area contributed by atoms with Gasteiger partial charge in [-0.25, -0.2) is 0 Å². The maximum atomic E-state index is 12.2. The van der Waals surface area contributed by atoms with Crippen LogP contribution in [0, 0.1) is 12.8 Å². The number of rotatable bonds is 6. The molecule has 20 heavy (non-hydrogen) atoms. The maximum Gasteiger partial charge on any atom is 0.227 e. The normalized spacial score (nSPS) is 21.9. The Morgan fingerprint density at radius 2 is 2.30 bits per heavy atom. The van der Waals surface area contributed by atoms with Crippen LogP contribution in [0.3, 0.4) is 0 Å². The molecule has 5 heteroatoms. The lowest BCUT2D eigenvalue weighted by Gasteiger charge is -2.18. The van der Waals surface area contributed by atoms with Gasteiger partial charge in [0.2, 0.25) is 5.91 Å². The Morgan fingerprint density at radius 1 is 1.45 bits per heavy atom. The molecule has 2 heterocycles. The van der Waals surface area contributed by atoms with E-state index in [2.05, 4.69) is 22.5 Å². The number of carbonyl (C=O) groups excluding carboxylic acids is 1. The van der Waals surface area contributed by atoms with Crippen molar-refractivity contribution in [3.8, 4) is 0 Å². The molecule has 0 bridgehead atoms. The number of nitrogens with one attached hydrogen (secondary N) is 2. The molecule has 1 fully saturated rings. The number of nitrogens with zero attached hydrogens (tertiary/aromatic N) is 1. The molecule has 1 aliphatic heterocycles. The molecule has 2 atom stereocenters. The van der Waals surface area contributed by atoms with Gasteiger partial charge in [-0.05, 0) is 32.0 Å². The van der Waals surface area contributed by atoms with Gasteiger partial charge in [0.15, 0.2) is 0 Å². The molecule has 1 aromatic rings. The third-order valence-electron chi connectivity index (χ3n) is 3.46. The summed E-state index contributed by atoms with van der Waals surface area (Å²) in [6.07, 6.45) is 1.05. The number of hydrogen-bond acceptors (Lipinski definition) is 4. The van der Waals surface area contributed by atoms with E-state index >= 15 is 0 Å². The zero-order valence-corrected chi connectivity index (χ0v) is 12.2. The summed E-state index contributed by atoms with van der Waals surface area (Å²) in [4.78, 5) is 16.6. The zero-order chi connectivity index (χ0) is 14.4. The van der Waals surface area contributed by atoms with Gasteiger partial charge in [-0.2, -0.15) is 0 Å². The van der Waals surface area contributed by atoms with Gasteiger partial charge in [-0.1, -0.05) is 13.0 Å². The monoisotopic (exact) mass is 277 g/mol. The minimum atomic E-state index is -0.105. The van der Waals surface area contributed by atoms with E-state index < -0.39 is 0 Å². The molecule has 0 radical (unpaired) electrons. The quantitative estimate of drug-likeness (QED) is 0.815. The average molecular weight is 277 g/mol. The Morgan fingerprint density at radius 3 is 3.05 bits per heavy atom. The van der Waals surface area contributed by atoms with Crippen LogP contribution in [0.2, 0.25) is 0 Å². The first-order valence-corrected chi connectivity index (χ1v) is 7.22. The fraction of sp³-hybridized carbons (Fsp3) is 0.600. The first-order chi connectivity index (χ1) is 9.70. The molecule has 0 aliphatic carbocycles. The topological polar surface area (TPSA) is 63.2 Å². The number of amides is 1. The summed E-state index contributed by atoms with van der Waals surface area (Å²) in [5.74, 6) is -0.0641. The van der Waals surface area contributed by atoms with Crippen molar-refractivity contribution in [1.29, 1.82) is 0 Å². The summed E-state index contributed by atoms with van der Waals surface area (Å²) < 4.78 is 5.42. The van der Waals surface area contributed by atoms with Crippen LogP contribution in [0.15, 0.2) is 18.2 Å². The van der Waals surface area contributed by atoms with E-state index in [0.29, 0.717) is 19.8 Å². The standard InChI is InChI=1S/C15H23N3O2/c1-3-7-16-14-10-20-9-13(14)15(19)17-8-12-6-4-5-11(2)18-12/h4-6,13-14,16H,3,7-10H2,1-2H3,(H,17,19). The van der Waals surface area contributed by atoms with Crippen LogP contribution >= 0.6 is 0 Å². The van der Waals surface area contributed by atoms with Crippen LogP contribution < -0.4 is 10.6 Å². The lowest BCUT2D eigenvalue weighted by molar-refractivity contribution is -0.125. The van der Waals surface area contributed by atoms with Crippen LogP contribution in [0.4, 0.5) is 0 Å². The first-order valence-electron chi connectivity index (χ1n) is 7.22. The molecule has 5 nitrogen and oxygen atoms in total. The summed E-state index contributed by atoms with van der Waals surface area (Å²) in [7, 11) is 0.